The van der Waals surface area contributed by atoms with Crippen molar-refractivity contribution < 1.29 is 9.31 Å². The lowest BCUT2D eigenvalue weighted by Gasteiger charge is -2.07. The zero-order valence-corrected chi connectivity index (χ0v) is 13.1. The van der Waals surface area contributed by atoms with Crippen molar-refractivity contribution in [1.82, 2.24) is 5.32 Å². The maximum Gasteiger partial charge on any atom is 0.288 e. The Balaban J connectivity index is 2.02. The lowest BCUT2D eigenvalue weighted by atomic mass is 10.2. The Bertz CT molecular complexity index is 682. The minimum absolute atomic E-state index is 0.108. The van der Waals surface area contributed by atoms with Crippen LogP contribution in [-0.4, -0.2) is 4.92 Å². The van der Waals surface area contributed by atoms with Gasteiger partial charge >= 0.3 is 0 Å². The number of halogens is 3. The van der Waals surface area contributed by atoms with Gasteiger partial charge in [-0.3, -0.25) is 10.1 Å². The summed E-state index contributed by atoms with van der Waals surface area (Å²) in [5.74, 6) is -0.308. The molecule has 0 aliphatic rings. The van der Waals surface area contributed by atoms with Crippen LogP contribution in [0.2, 0.25) is 5.02 Å². The van der Waals surface area contributed by atoms with Gasteiger partial charge in [-0.05, 0) is 35.4 Å². The highest BCUT2D eigenvalue weighted by atomic mass is 79.9. The van der Waals surface area contributed by atoms with E-state index < -0.39 is 4.92 Å². The number of hydrogen-bond acceptors (Lipinski definition) is 3. The zero-order valence-electron chi connectivity index (χ0n) is 10.8. The van der Waals surface area contributed by atoms with Crippen LogP contribution in [0.5, 0.6) is 0 Å². The number of benzene rings is 2. The summed E-state index contributed by atoms with van der Waals surface area (Å²) in [4.78, 5) is 10.3. The van der Waals surface area contributed by atoms with Gasteiger partial charge in [0.1, 0.15) is 10.8 Å². The first kappa shape index (κ1) is 15.9. The van der Waals surface area contributed by atoms with Gasteiger partial charge in [-0.25, -0.2) is 4.39 Å². The molecular formula is C14H11BrClFN2O2. The minimum atomic E-state index is -0.519. The van der Waals surface area contributed by atoms with E-state index in [0.29, 0.717) is 13.1 Å². The first-order chi connectivity index (χ1) is 9.97. The Morgan fingerprint density at radius 2 is 2.00 bits per heavy atom. The zero-order chi connectivity index (χ0) is 15.4. The average molecular weight is 374 g/mol. The molecular weight excluding hydrogens is 363 g/mol. The summed E-state index contributed by atoms with van der Waals surface area (Å²) in [7, 11) is 0. The Hall–Kier alpha value is -1.50. The molecule has 0 bridgehead atoms. The number of hydrogen-bond donors (Lipinski definition) is 1. The predicted octanol–water partition coefficient (Wildman–Crippen LogP) is 4.44. The number of nitro benzene ring substituents is 1. The minimum Gasteiger partial charge on any atom is -0.309 e. The van der Waals surface area contributed by atoms with Gasteiger partial charge in [0, 0.05) is 23.6 Å². The molecule has 4 nitrogen and oxygen atoms in total. The summed E-state index contributed by atoms with van der Waals surface area (Å²) in [6, 6.07) is 9.07. The van der Waals surface area contributed by atoms with Crippen LogP contribution in [0, 0.1) is 15.9 Å². The number of nitrogens with one attached hydrogen (secondary N) is 1. The van der Waals surface area contributed by atoms with Crippen LogP contribution >= 0.6 is 27.5 Å². The van der Waals surface area contributed by atoms with E-state index in [2.05, 4.69) is 21.2 Å². The molecule has 0 fully saturated rings. The largest absolute Gasteiger partial charge is 0.309 e. The first-order valence-corrected chi connectivity index (χ1v) is 7.22. The molecule has 7 heteroatoms. The summed E-state index contributed by atoms with van der Waals surface area (Å²) in [6.07, 6.45) is 0. The van der Waals surface area contributed by atoms with Crippen LogP contribution in [0.1, 0.15) is 11.1 Å². The molecule has 0 saturated heterocycles. The predicted molar refractivity (Wildman–Crippen MR) is 82.8 cm³/mol. The van der Waals surface area contributed by atoms with E-state index >= 15 is 0 Å². The van der Waals surface area contributed by atoms with Crippen LogP contribution in [0.4, 0.5) is 10.1 Å². The van der Waals surface area contributed by atoms with Crippen molar-refractivity contribution in [2.75, 3.05) is 0 Å². The topological polar surface area (TPSA) is 55.2 Å². The molecule has 0 spiro atoms. The first-order valence-electron chi connectivity index (χ1n) is 6.05. The average Bonchev–Trinajstić information content (AvgIpc) is 2.44. The maximum absolute atomic E-state index is 13.1. The molecule has 110 valence electrons. The lowest BCUT2D eigenvalue weighted by molar-refractivity contribution is -0.384. The summed E-state index contributed by atoms with van der Waals surface area (Å²) < 4.78 is 13.9. The Morgan fingerprint density at radius 1 is 1.24 bits per heavy atom. The fourth-order valence-electron chi connectivity index (χ4n) is 1.83. The summed E-state index contributed by atoms with van der Waals surface area (Å²) in [6.45, 7) is 0.857. The third kappa shape index (κ3) is 4.23. The summed E-state index contributed by atoms with van der Waals surface area (Å²) in [5.41, 5.74) is 1.39. The summed E-state index contributed by atoms with van der Waals surface area (Å²) >= 11 is 9.09. The van der Waals surface area contributed by atoms with Gasteiger partial charge in [-0.1, -0.05) is 33.6 Å². The molecule has 2 aromatic carbocycles. The van der Waals surface area contributed by atoms with E-state index in [1.54, 1.807) is 12.1 Å². The normalized spacial score (nSPS) is 10.6. The molecule has 0 heterocycles. The molecule has 0 atom stereocenters. The third-order valence-corrected chi connectivity index (χ3v) is 3.95. The van der Waals surface area contributed by atoms with Crippen LogP contribution in [0.3, 0.4) is 0 Å². The van der Waals surface area contributed by atoms with Gasteiger partial charge < -0.3 is 5.32 Å². The highest BCUT2D eigenvalue weighted by Crippen LogP contribution is 2.25. The molecule has 0 radical (unpaired) electrons. The molecule has 0 unspecified atom stereocenters. The van der Waals surface area contributed by atoms with E-state index in [1.807, 2.05) is 0 Å². The van der Waals surface area contributed by atoms with Gasteiger partial charge in [0.2, 0.25) is 0 Å². The second kappa shape index (κ2) is 6.98. The second-order valence-electron chi connectivity index (χ2n) is 4.38. The molecule has 0 amide bonds. The molecule has 0 aliphatic carbocycles. The number of nitro groups is 1. The van der Waals surface area contributed by atoms with Crippen molar-refractivity contribution in [2.24, 2.45) is 0 Å². The van der Waals surface area contributed by atoms with E-state index in [4.69, 9.17) is 11.6 Å². The van der Waals surface area contributed by atoms with Crippen molar-refractivity contribution >= 4 is 33.2 Å². The van der Waals surface area contributed by atoms with Crippen LogP contribution < -0.4 is 5.32 Å². The molecule has 1 N–H and O–H groups in total. The van der Waals surface area contributed by atoms with Crippen molar-refractivity contribution in [3.05, 3.63) is 73.0 Å². The highest BCUT2D eigenvalue weighted by molar-refractivity contribution is 9.10. The van der Waals surface area contributed by atoms with Crippen molar-refractivity contribution in [3.8, 4) is 0 Å². The van der Waals surface area contributed by atoms with Crippen LogP contribution in [0.25, 0.3) is 0 Å². The van der Waals surface area contributed by atoms with Gasteiger partial charge in [0.05, 0.1) is 4.92 Å². The maximum atomic E-state index is 13.1. The fraction of sp³-hybridized carbons (Fsp3) is 0.143. The fourth-order valence-corrected chi connectivity index (χ4v) is 2.40. The number of rotatable bonds is 5. The Morgan fingerprint density at radius 3 is 2.71 bits per heavy atom. The lowest BCUT2D eigenvalue weighted by Crippen LogP contribution is -2.13. The molecule has 0 saturated carbocycles. The van der Waals surface area contributed by atoms with Crippen LogP contribution in [-0.2, 0) is 13.1 Å². The SMILES string of the molecule is O=[N+]([O-])c1cc(CNCc2cc(F)ccc2Br)ccc1Cl. The summed E-state index contributed by atoms with van der Waals surface area (Å²) in [5, 5.41) is 14.0. The van der Waals surface area contributed by atoms with Gasteiger partial charge in [0.15, 0.2) is 0 Å². The van der Waals surface area contributed by atoms with E-state index in [0.717, 1.165) is 15.6 Å². The molecule has 2 aromatic rings. The van der Waals surface area contributed by atoms with Gasteiger partial charge in [-0.2, -0.15) is 0 Å². The molecule has 2 rings (SSSR count). The van der Waals surface area contributed by atoms with E-state index in [-0.39, 0.29) is 16.5 Å². The Kier molecular flexibility index (Phi) is 5.27. The third-order valence-electron chi connectivity index (χ3n) is 2.86. The monoisotopic (exact) mass is 372 g/mol. The van der Waals surface area contributed by atoms with Crippen LogP contribution in [0.15, 0.2) is 40.9 Å². The van der Waals surface area contributed by atoms with E-state index in [1.165, 1.54) is 24.3 Å². The van der Waals surface area contributed by atoms with Gasteiger partial charge in [-0.15, -0.1) is 0 Å². The molecule has 0 aromatic heterocycles. The molecule has 0 aliphatic heterocycles. The van der Waals surface area contributed by atoms with Gasteiger partial charge in [0.25, 0.3) is 5.69 Å². The second-order valence-corrected chi connectivity index (χ2v) is 5.64. The van der Waals surface area contributed by atoms with E-state index in [9.17, 15) is 14.5 Å². The Labute approximate surface area is 134 Å². The quantitative estimate of drug-likeness (QED) is 0.623. The van der Waals surface area contributed by atoms with Crippen molar-refractivity contribution in [1.29, 1.82) is 0 Å². The standard InChI is InChI=1S/C14H11BrClFN2O2/c15-12-3-2-11(17)6-10(12)8-18-7-9-1-4-13(16)14(5-9)19(20)21/h1-6,18H,7-8H2. The van der Waals surface area contributed by atoms with Crippen molar-refractivity contribution in [3.63, 3.8) is 0 Å². The van der Waals surface area contributed by atoms with Crippen molar-refractivity contribution in [2.45, 2.75) is 13.1 Å². The molecule has 21 heavy (non-hydrogen) atoms. The number of nitrogens with zero attached hydrogens (tertiary/aromatic N) is 1. The highest BCUT2D eigenvalue weighted by Gasteiger charge is 2.12. The smallest absolute Gasteiger partial charge is 0.288 e.